The van der Waals surface area contributed by atoms with Crippen molar-refractivity contribution in [2.45, 2.75) is 37.0 Å². The van der Waals surface area contributed by atoms with Gasteiger partial charge in [-0.15, -0.1) is 0 Å². The van der Waals surface area contributed by atoms with E-state index in [1.54, 1.807) is 24.3 Å². The molecule has 0 unspecified atom stereocenters. The number of nitrogens with two attached hydrogens (primary N) is 1. The largest absolute Gasteiger partial charge is 0.495 e. The fourth-order valence-corrected chi connectivity index (χ4v) is 5.16. The predicted octanol–water partition coefficient (Wildman–Crippen LogP) is 2.31. The fourth-order valence-electron chi connectivity index (χ4n) is 3.62. The Labute approximate surface area is 193 Å². The molecular weight excluding hydrogens is 446 g/mol. The van der Waals surface area contributed by atoms with E-state index in [1.165, 1.54) is 29.6 Å². The second-order valence-electron chi connectivity index (χ2n) is 7.80. The van der Waals surface area contributed by atoms with Crippen molar-refractivity contribution in [3.05, 3.63) is 48.0 Å². The van der Waals surface area contributed by atoms with Gasteiger partial charge in [0.2, 0.25) is 15.9 Å². The van der Waals surface area contributed by atoms with Crippen LogP contribution in [0.1, 0.15) is 31.2 Å². The zero-order chi connectivity index (χ0) is 23.8. The highest BCUT2D eigenvalue weighted by Crippen LogP contribution is 2.30. The summed E-state index contributed by atoms with van der Waals surface area (Å²) in [6.45, 7) is 0.686. The van der Waals surface area contributed by atoms with Crippen LogP contribution in [-0.2, 0) is 26.0 Å². The van der Waals surface area contributed by atoms with Gasteiger partial charge in [0.25, 0.3) is 5.91 Å². The lowest BCUT2D eigenvalue weighted by Gasteiger charge is -2.21. The second kappa shape index (κ2) is 11.2. The van der Waals surface area contributed by atoms with Gasteiger partial charge in [0, 0.05) is 13.1 Å². The third-order valence-electron chi connectivity index (χ3n) is 5.32. The van der Waals surface area contributed by atoms with Gasteiger partial charge in [-0.2, -0.15) is 4.31 Å². The van der Waals surface area contributed by atoms with Crippen LogP contribution < -0.4 is 20.5 Å². The van der Waals surface area contributed by atoms with Gasteiger partial charge in [0.05, 0.1) is 24.1 Å². The van der Waals surface area contributed by atoms with Crippen LogP contribution in [0.25, 0.3) is 0 Å². The molecule has 3 N–H and O–H groups in total. The molecule has 3 rings (SSSR count). The number of benzene rings is 2. The van der Waals surface area contributed by atoms with Gasteiger partial charge in [-0.1, -0.05) is 25.0 Å². The maximum absolute atomic E-state index is 13.1. The topological polar surface area (TPSA) is 128 Å². The van der Waals surface area contributed by atoms with Gasteiger partial charge in [0.1, 0.15) is 11.5 Å². The number of rotatable bonds is 9. The Morgan fingerprint density at radius 2 is 1.70 bits per heavy atom. The molecule has 33 heavy (non-hydrogen) atoms. The number of methoxy groups -OCH3 is 1. The highest BCUT2D eigenvalue weighted by molar-refractivity contribution is 7.89. The number of carbonyl (C=O) groups excluding carboxylic acids is 2. The minimum Gasteiger partial charge on any atom is -0.495 e. The van der Waals surface area contributed by atoms with E-state index in [4.69, 9.17) is 15.2 Å². The van der Waals surface area contributed by atoms with Crippen molar-refractivity contribution in [2.75, 3.05) is 32.1 Å². The molecule has 10 heteroatoms. The number of amides is 2. The summed E-state index contributed by atoms with van der Waals surface area (Å²) in [6.07, 6.45) is 3.82. The van der Waals surface area contributed by atoms with E-state index in [2.05, 4.69) is 5.32 Å². The molecule has 1 saturated heterocycles. The first-order chi connectivity index (χ1) is 15.8. The summed E-state index contributed by atoms with van der Waals surface area (Å²) in [5.74, 6) is -0.118. The summed E-state index contributed by atoms with van der Waals surface area (Å²) in [5, 5.41) is 2.66. The molecule has 0 aromatic heterocycles. The van der Waals surface area contributed by atoms with Crippen LogP contribution in [0.3, 0.4) is 0 Å². The number of hydrogen-bond acceptors (Lipinski definition) is 6. The molecule has 0 atom stereocenters. The standard InChI is InChI=1S/C23H29N3O6S/c1-31-21-11-10-19(33(29,30)26-12-4-2-3-5-13-26)15-20(21)25-23(28)16-32-18-8-6-17(7-9-18)14-22(24)27/h6-11,15H,2-5,12-14,16H2,1H3,(H2,24,27)(H,25,28). The number of sulfonamides is 1. The molecule has 1 aliphatic heterocycles. The predicted molar refractivity (Wildman–Crippen MR) is 124 cm³/mol. The first kappa shape index (κ1) is 24.5. The van der Waals surface area contributed by atoms with E-state index < -0.39 is 21.8 Å². The van der Waals surface area contributed by atoms with Crippen molar-refractivity contribution in [3.63, 3.8) is 0 Å². The van der Waals surface area contributed by atoms with Crippen molar-refractivity contribution >= 4 is 27.5 Å². The van der Waals surface area contributed by atoms with Crippen molar-refractivity contribution in [1.29, 1.82) is 0 Å². The molecule has 1 aliphatic rings. The van der Waals surface area contributed by atoms with Crippen molar-refractivity contribution in [3.8, 4) is 11.5 Å². The van der Waals surface area contributed by atoms with Gasteiger partial charge in [-0.05, 0) is 48.7 Å². The molecule has 0 spiro atoms. The molecule has 1 heterocycles. The average molecular weight is 476 g/mol. The first-order valence-electron chi connectivity index (χ1n) is 10.8. The third kappa shape index (κ3) is 6.69. The summed E-state index contributed by atoms with van der Waals surface area (Å²) in [4.78, 5) is 23.5. The van der Waals surface area contributed by atoms with Crippen LogP contribution >= 0.6 is 0 Å². The van der Waals surface area contributed by atoms with E-state index in [-0.39, 0.29) is 23.6 Å². The average Bonchev–Trinajstić information content (AvgIpc) is 3.08. The van der Waals surface area contributed by atoms with Crippen molar-refractivity contribution in [2.24, 2.45) is 5.73 Å². The third-order valence-corrected chi connectivity index (χ3v) is 7.21. The Morgan fingerprint density at radius 1 is 1.03 bits per heavy atom. The number of nitrogens with one attached hydrogen (secondary N) is 1. The van der Waals surface area contributed by atoms with Gasteiger partial charge >= 0.3 is 0 Å². The van der Waals surface area contributed by atoms with Gasteiger partial charge in [-0.25, -0.2) is 8.42 Å². The molecule has 9 nitrogen and oxygen atoms in total. The monoisotopic (exact) mass is 475 g/mol. The molecular formula is C23H29N3O6S. The lowest BCUT2D eigenvalue weighted by atomic mass is 10.1. The highest BCUT2D eigenvalue weighted by Gasteiger charge is 2.26. The van der Waals surface area contributed by atoms with Crippen LogP contribution in [0.4, 0.5) is 5.69 Å². The second-order valence-corrected chi connectivity index (χ2v) is 9.74. The lowest BCUT2D eigenvalue weighted by Crippen LogP contribution is -2.32. The quantitative estimate of drug-likeness (QED) is 0.573. The Morgan fingerprint density at radius 3 is 2.30 bits per heavy atom. The molecule has 0 saturated carbocycles. The SMILES string of the molecule is COc1ccc(S(=O)(=O)N2CCCCCC2)cc1NC(=O)COc1ccc(CC(N)=O)cc1. The zero-order valence-electron chi connectivity index (χ0n) is 18.6. The Kier molecular flexibility index (Phi) is 8.29. The van der Waals surface area contributed by atoms with Crippen molar-refractivity contribution in [1.82, 2.24) is 4.31 Å². The molecule has 1 fully saturated rings. The Hall–Kier alpha value is -3.11. The normalized spacial score (nSPS) is 14.8. The minimum atomic E-state index is -3.67. The molecule has 2 aromatic carbocycles. The highest BCUT2D eigenvalue weighted by atomic mass is 32.2. The summed E-state index contributed by atoms with van der Waals surface area (Å²) >= 11 is 0. The number of anilines is 1. The van der Waals surface area contributed by atoms with Gasteiger partial charge < -0.3 is 20.5 Å². The van der Waals surface area contributed by atoms with Crippen LogP contribution in [0.2, 0.25) is 0 Å². The van der Waals surface area contributed by atoms with E-state index in [1.807, 2.05) is 0 Å². The van der Waals surface area contributed by atoms with Gasteiger partial charge in [0.15, 0.2) is 6.61 Å². The number of ether oxygens (including phenoxy) is 2. The van der Waals surface area contributed by atoms with E-state index >= 15 is 0 Å². The summed E-state index contributed by atoms with van der Waals surface area (Å²) < 4.78 is 38.5. The van der Waals surface area contributed by atoms with Crippen LogP contribution in [0, 0.1) is 0 Å². The summed E-state index contributed by atoms with van der Waals surface area (Å²) in [6, 6.07) is 11.1. The summed E-state index contributed by atoms with van der Waals surface area (Å²) in [7, 11) is -2.23. The summed E-state index contributed by atoms with van der Waals surface area (Å²) in [5.41, 5.74) is 6.16. The van der Waals surface area contributed by atoms with Crippen LogP contribution in [0.5, 0.6) is 11.5 Å². The molecule has 2 amide bonds. The number of carbonyl (C=O) groups is 2. The van der Waals surface area contributed by atoms with Crippen LogP contribution in [0.15, 0.2) is 47.4 Å². The van der Waals surface area contributed by atoms with Crippen molar-refractivity contribution < 1.29 is 27.5 Å². The molecule has 0 bridgehead atoms. The maximum Gasteiger partial charge on any atom is 0.262 e. The Bertz CT molecular complexity index is 1080. The number of nitrogens with zero attached hydrogens (tertiary/aromatic N) is 1. The molecule has 2 aromatic rings. The van der Waals surface area contributed by atoms with E-state index in [0.717, 1.165) is 31.2 Å². The zero-order valence-corrected chi connectivity index (χ0v) is 19.4. The molecule has 178 valence electrons. The number of hydrogen-bond donors (Lipinski definition) is 2. The fraction of sp³-hybridized carbons (Fsp3) is 0.391. The molecule has 0 aliphatic carbocycles. The number of primary amides is 1. The first-order valence-corrected chi connectivity index (χ1v) is 12.2. The van der Waals surface area contributed by atoms with Gasteiger partial charge in [-0.3, -0.25) is 9.59 Å². The maximum atomic E-state index is 13.1. The molecule has 0 radical (unpaired) electrons. The Balaban J connectivity index is 1.68. The minimum absolute atomic E-state index is 0.103. The smallest absolute Gasteiger partial charge is 0.262 e. The van der Waals surface area contributed by atoms with E-state index in [0.29, 0.717) is 24.6 Å². The van der Waals surface area contributed by atoms with Crippen LogP contribution in [-0.4, -0.2) is 51.3 Å². The lowest BCUT2D eigenvalue weighted by molar-refractivity contribution is -0.118. The van der Waals surface area contributed by atoms with E-state index in [9.17, 15) is 18.0 Å².